The van der Waals surface area contributed by atoms with Gasteiger partial charge in [-0.2, -0.15) is 0 Å². The van der Waals surface area contributed by atoms with Crippen LogP contribution in [-0.4, -0.2) is 59.7 Å². The van der Waals surface area contributed by atoms with Gasteiger partial charge in [0.1, 0.15) is 18.4 Å². The number of anilines is 1. The minimum absolute atomic E-state index is 0.280. The molecule has 0 aromatic heterocycles. The van der Waals surface area contributed by atoms with Crippen molar-refractivity contribution < 1.29 is 23.6 Å². The Kier molecular flexibility index (Phi) is 6.96. The minimum Gasteiger partial charge on any atom is -0.335 e. The average Bonchev–Trinajstić information content (AvgIpc) is 3.02. The maximum atomic E-state index is 12.9. The highest BCUT2D eigenvalue weighted by Crippen LogP contribution is 2.13. The van der Waals surface area contributed by atoms with Gasteiger partial charge in [0.25, 0.3) is 5.91 Å². The van der Waals surface area contributed by atoms with Crippen LogP contribution < -0.4 is 10.6 Å². The maximum Gasteiger partial charge on any atom is 0.325 e. The number of likely N-dealkylation sites (N-methyl/N-ethyl adjacent to an activating group) is 1. The highest BCUT2D eigenvalue weighted by atomic mass is 19.1. The molecule has 0 saturated carbocycles. The Balaban J connectivity index is 1.49. The van der Waals surface area contributed by atoms with E-state index in [1.54, 1.807) is 0 Å². The number of benzene rings is 2. The average molecular weight is 426 g/mol. The molecule has 0 unspecified atom stereocenters. The van der Waals surface area contributed by atoms with E-state index in [0.29, 0.717) is 18.5 Å². The van der Waals surface area contributed by atoms with Crippen molar-refractivity contribution in [3.63, 3.8) is 0 Å². The fourth-order valence-electron chi connectivity index (χ4n) is 3.17. The molecule has 162 valence electrons. The molecule has 1 fully saturated rings. The van der Waals surface area contributed by atoms with Crippen LogP contribution in [0.1, 0.15) is 12.0 Å². The molecule has 0 aliphatic carbocycles. The van der Waals surface area contributed by atoms with E-state index >= 15 is 0 Å². The van der Waals surface area contributed by atoms with Gasteiger partial charge in [-0.15, -0.1) is 0 Å². The maximum absolute atomic E-state index is 12.9. The summed E-state index contributed by atoms with van der Waals surface area (Å²) in [4.78, 5) is 51.2. The summed E-state index contributed by atoms with van der Waals surface area (Å²) in [5.41, 5.74) is 1.44. The van der Waals surface area contributed by atoms with Gasteiger partial charge in [0.05, 0.1) is 6.54 Å². The van der Waals surface area contributed by atoms with Crippen molar-refractivity contribution in [1.29, 1.82) is 0 Å². The number of imide groups is 1. The van der Waals surface area contributed by atoms with Crippen LogP contribution in [0.4, 0.5) is 14.9 Å². The third kappa shape index (κ3) is 5.88. The molecule has 1 saturated heterocycles. The number of aryl methyl sites for hydroxylation is 1. The van der Waals surface area contributed by atoms with Crippen molar-refractivity contribution in [2.45, 2.75) is 18.9 Å². The van der Waals surface area contributed by atoms with Gasteiger partial charge in [-0.05, 0) is 42.7 Å². The Morgan fingerprint density at radius 2 is 1.77 bits per heavy atom. The number of carbonyl (C=O) groups is 4. The van der Waals surface area contributed by atoms with Crippen molar-refractivity contribution in [2.75, 3.05) is 25.5 Å². The van der Waals surface area contributed by atoms with E-state index in [1.807, 2.05) is 30.3 Å². The van der Waals surface area contributed by atoms with Crippen LogP contribution in [0.2, 0.25) is 0 Å². The smallest absolute Gasteiger partial charge is 0.325 e. The molecule has 1 heterocycles. The van der Waals surface area contributed by atoms with Crippen LogP contribution in [0, 0.1) is 5.82 Å². The first kappa shape index (κ1) is 21.9. The fraction of sp³-hybridized carbons (Fsp3) is 0.273. The summed E-state index contributed by atoms with van der Waals surface area (Å²) in [5, 5.41) is 5.15. The summed E-state index contributed by atoms with van der Waals surface area (Å²) < 4.78 is 12.9. The molecule has 3 rings (SSSR count). The Morgan fingerprint density at radius 1 is 1.10 bits per heavy atom. The summed E-state index contributed by atoms with van der Waals surface area (Å²) in [6.07, 6.45) is 1.04. The van der Waals surface area contributed by atoms with Crippen molar-refractivity contribution in [1.82, 2.24) is 15.1 Å². The molecular weight excluding hydrogens is 403 g/mol. The van der Waals surface area contributed by atoms with E-state index in [4.69, 9.17) is 0 Å². The van der Waals surface area contributed by atoms with Crippen molar-refractivity contribution >= 4 is 29.4 Å². The molecule has 0 bridgehead atoms. The van der Waals surface area contributed by atoms with E-state index in [-0.39, 0.29) is 6.54 Å². The number of halogens is 1. The first-order chi connectivity index (χ1) is 14.8. The SMILES string of the molecule is CN(CC(=O)Nc1ccc(F)cc1)C(=O)CN1C(=O)N[C@H](CCc2ccccc2)C1=O. The predicted octanol–water partition coefficient (Wildman–Crippen LogP) is 1.78. The fourth-order valence-corrected chi connectivity index (χ4v) is 3.17. The second-order valence-electron chi connectivity index (χ2n) is 7.26. The van der Waals surface area contributed by atoms with Gasteiger partial charge in [-0.1, -0.05) is 30.3 Å². The molecule has 31 heavy (non-hydrogen) atoms. The highest BCUT2D eigenvalue weighted by molar-refractivity contribution is 6.06. The van der Waals surface area contributed by atoms with E-state index < -0.39 is 42.2 Å². The molecule has 2 N–H and O–H groups in total. The number of nitrogens with zero attached hydrogens (tertiary/aromatic N) is 2. The minimum atomic E-state index is -0.687. The standard InChI is InChI=1S/C22H23FN4O4/c1-26(13-19(28)24-17-10-8-16(23)9-11-17)20(29)14-27-21(30)18(25-22(27)31)12-7-15-5-3-2-4-6-15/h2-6,8-11,18H,7,12-14H2,1H3,(H,24,28)(H,25,31)/t18-/m1/s1. The number of amides is 5. The first-order valence-corrected chi connectivity index (χ1v) is 9.78. The van der Waals surface area contributed by atoms with E-state index in [9.17, 15) is 23.6 Å². The van der Waals surface area contributed by atoms with Gasteiger partial charge < -0.3 is 15.5 Å². The molecule has 8 nitrogen and oxygen atoms in total. The van der Waals surface area contributed by atoms with Crippen LogP contribution in [0.15, 0.2) is 54.6 Å². The van der Waals surface area contributed by atoms with Crippen molar-refractivity contribution in [3.8, 4) is 0 Å². The van der Waals surface area contributed by atoms with Crippen LogP contribution in [0.25, 0.3) is 0 Å². The number of hydrogen-bond acceptors (Lipinski definition) is 4. The Morgan fingerprint density at radius 3 is 2.45 bits per heavy atom. The molecule has 1 atom stereocenters. The van der Waals surface area contributed by atoms with Crippen LogP contribution >= 0.6 is 0 Å². The van der Waals surface area contributed by atoms with E-state index in [1.165, 1.54) is 31.3 Å². The molecule has 5 amide bonds. The van der Waals surface area contributed by atoms with Gasteiger partial charge >= 0.3 is 6.03 Å². The lowest BCUT2D eigenvalue weighted by Gasteiger charge is -2.20. The number of hydrogen-bond donors (Lipinski definition) is 2. The summed E-state index contributed by atoms with van der Waals surface area (Å²) in [5.74, 6) is -1.93. The van der Waals surface area contributed by atoms with Crippen LogP contribution in [0.3, 0.4) is 0 Å². The molecule has 0 radical (unpaired) electrons. The molecule has 2 aromatic carbocycles. The van der Waals surface area contributed by atoms with Gasteiger partial charge in [-0.25, -0.2) is 9.18 Å². The Labute approximate surface area is 179 Å². The zero-order valence-corrected chi connectivity index (χ0v) is 17.0. The number of carbonyl (C=O) groups excluding carboxylic acids is 4. The lowest BCUT2D eigenvalue weighted by molar-refractivity contribution is -0.137. The second kappa shape index (κ2) is 9.84. The van der Waals surface area contributed by atoms with Crippen LogP contribution in [0.5, 0.6) is 0 Å². The first-order valence-electron chi connectivity index (χ1n) is 9.78. The van der Waals surface area contributed by atoms with Gasteiger partial charge in [0.15, 0.2) is 0 Å². The molecule has 2 aromatic rings. The number of rotatable bonds is 8. The molecule has 9 heteroatoms. The summed E-state index contributed by atoms with van der Waals surface area (Å²) in [6.45, 7) is -0.732. The summed E-state index contributed by atoms with van der Waals surface area (Å²) >= 11 is 0. The van der Waals surface area contributed by atoms with Crippen molar-refractivity contribution in [3.05, 3.63) is 66.0 Å². The quantitative estimate of drug-likeness (QED) is 0.629. The highest BCUT2D eigenvalue weighted by Gasteiger charge is 2.39. The van der Waals surface area contributed by atoms with Gasteiger partial charge in [0.2, 0.25) is 11.8 Å². The zero-order chi connectivity index (χ0) is 22.4. The topological polar surface area (TPSA) is 98.8 Å². The van der Waals surface area contributed by atoms with E-state index in [0.717, 1.165) is 15.4 Å². The third-order valence-corrected chi connectivity index (χ3v) is 4.90. The molecule has 1 aliphatic rings. The predicted molar refractivity (Wildman–Crippen MR) is 111 cm³/mol. The van der Waals surface area contributed by atoms with Gasteiger partial charge in [-0.3, -0.25) is 19.3 Å². The number of urea groups is 1. The number of nitrogens with one attached hydrogen (secondary N) is 2. The molecule has 0 spiro atoms. The Hall–Kier alpha value is -3.75. The van der Waals surface area contributed by atoms with E-state index in [2.05, 4.69) is 10.6 Å². The summed E-state index contributed by atoms with van der Waals surface area (Å²) in [7, 11) is 1.40. The third-order valence-electron chi connectivity index (χ3n) is 4.90. The molecule has 1 aliphatic heterocycles. The van der Waals surface area contributed by atoms with Crippen molar-refractivity contribution in [2.24, 2.45) is 0 Å². The normalized spacial score (nSPS) is 15.5. The van der Waals surface area contributed by atoms with Gasteiger partial charge in [0, 0.05) is 12.7 Å². The lowest BCUT2D eigenvalue weighted by Crippen LogP contribution is -2.44. The molecular formula is C22H23FN4O4. The monoisotopic (exact) mass is 426 g/mol. The lowest BCUT2D eigenvalue weighted by atomic mass is 10.1. The summed E-state index contributed by atoms with van der Waals surface area (Å²) in [6, 6.07) is 13.5. The zero-order valence-electron chi connectivity index (χ0n) is 17.0. The largest absolute Gasteiger partial charge is 0.335 e. The van der Waals surface area contributed by atoms with Crippen LogP contribution in [-0.2, 0) is 20.8 Å². The Bertz CT molecular complexity index is 965. The second-order valence-corrected chi connectivity index (χ2v) is 7.26.